The van der Waals surface area contributed by atoms with Gasteiger partial charge in [-0.2, -0.15) is 0 Å². The van der Waals surface area contributed by atoms with Gasteiger partial charge in [-0.15, -0.1) is 0 Å². The third kappa shape index (κ3) is 5.19. The molecule has 2 aromatic rings. The highest BCUT2D eigenvalue weighted by atomic mass is 14.9. The highest BCUT2D eigenvalue weighted by Gasteiger charge is 2.21. The largest absolute Gasteiger partial charge is 0.212 e. The van der Waals surface area contributed by atoms with Gasteiger partial charge >= 0.3 is 0 Å². The molecule has 0 bridgehead atoms. The van der Waals surface area contributed by atoms with E-state index in [1.165, 1.54) is 39.1 Å². The first-order valence-electron chi connectivity index (χ1n) is 9.86. The SMILES string of the molecule is Cc1cc(C)c(-c2cc(C)c(CC(C)(C)C)c[n+]2C)cc1CC(C)(C)C. The topological polar surface area (TPSA) is 3.88 Å². The smallest absolute Gasteiger partial charge is 0.201 e. The van der Waals surface area contributed by atoms with E-state index in [0.717, 1.165) is 12.8 Å². The van der Waals surface area contributed by atoms with Crippen molar-refractivity contribution in [3.63, 3.8) is 0 Å². The summed E-state index contributed by atoms with van der Waals surface area (Å²) in [6, 6.07) is 7.16. The summed E-state index contributed by atoms with van der Waals surface area (Å²) in [6.07, 6.45) is 4.55. The molecule has 1 heterocycles. The summed E-state index contributed by atoms with van der Waals surface area (Å²) in [5.41, 5.74) is 10.4. The standard InChI is InChI=1S/C25H38N/c1-17-11-19(3)22(13-20(17)14-24(4,5)6)23-12-18(2)21(16-26(23)10)15-25(7,8)9/h11-13,16H,14-15H2,1-10H3/q+1. The Morgan fingerprint density at radius 1 is 0.692 bits per heavy atom. The van der Waals surface area contributed by atoms with Crippen LogP contribution < -0.4 is 4.57 Å². The Balaban J connectivity index is 2.54. The molecular weight excluding hydrogens is 314 g/mol. The monoisotopic (exact) mass is 352 g/mol. The molecule has 142 valence electrons. The zero-order valence-electron chi connectivity index (χ0n) is 18.7. The fourth-order valence-electron chi connectivity index (χ4n) is 3.76. The maximum Gasteiger partial charge on any atom is 0.212 e. The van der Waals surface area contributed by atoms with Gasteiger partial charge in [-0.1, -0.05) is 47.6 Å². The van der Waals surface area contributed by atoms with Gasteiger partial charge < -0.3 is 0 Å². The highest BCUT2D eigenvalue weighted by Crippen LogP contribution is 2.30. The van der Waals surface area contributed by atoms with Crippen molar-refractivity contribution in [3.8, 4) is 11.3 Å². The molecular formula is C25H38N+. The summed E-state index contributed by atoms with van der Waals surface area (Å²) >= 11 is 0. The molecule has 2 rings (SSSR count). The van der Waals surface area contributed by atoms with E-state index < -0.39 is 0 Å². The molecule has 0 atom stereocenters. The Morgan fingerprint density at radius 3 is 1.73 bits per heavy atom. The van der Waals surface area contributed by atoms with Crippen LogP contribution in [0.2, 0.25) is 0 Å². The van der Waals surface area contributed by atoms with Crippen LogP contribution in [0.15, 0.2) is 24.4 Å². The number of aryl methyl sites for hydroxylation is 4. The van der Waals surface area contributed by atoms with Gasteiger partial charge in [0, 0.05) is 17.2 Å². The molecule has 0 saturated heterocycles. The second kappa shape index (κ2) is 7.18. The fourth-order valence-corrected chi connectivity index (χ4v) is 3.76. The summed E-state index contributed by atoms with van der Waals surface area (Å²) in [5, 5.41) is 0. The molecule has 0 aliphatic heterocycles. The minimum Gasteiger partial charge on any atom is -0.201 e. The van der Waals surface area contributed by atoms with E-state index in [9.17, 15) is 0 Å². The molecule has 0 N–H and O–H groups in total. The third-order valence-corrected chi connectivity index (χ3v) is 4.99. The molecule has 0 aliphatic carbocycles. The van der Waals surface area contributed by atoms with Gasteiger partial charge in [0.15, 0.2) is 6.20 Å². The van der Waals surface area contributed by atoms with Crippen molar-refractivity contribution in [2.75, 3.05) is 0 Å². The minimum absolute atomic E-state index is 0.298. The number of rotatable bonds is 3. The number of aromatic nitrogens is 1. The molecule has 0 amide bonds. The van der Waals surface area contributed by atoms with Crippen LogP contribution in [0.3, 0.4) is 0 Å². The molecule has 0 radical (unpaired) electrons. The normalized spacial score (nSPS) is 12.5. The Morgan fingerprint density at radius 2 is 1.19 bits per heavy atom. The highest BCUT2D eigenvalue weighted by molar-refractivity contribution is 5.64. The van der Waals surface area contributed by atoms with Crippen LogP contribution in [-0.4, -0.2) is 0 Å². The van der Waals surface area contributed by atoms with Crippen molar-refractivity contribution in [2.45, 2.75) is 75.2 Å². The van der Waals surface area contributed by atoms with Gasteiger partial charge in [-0.05, 0) is 72.8 Å². The predicted molar refractivity (Wildman–Crippen MR) is 114 cm³/mol. The first-order chi connectivity index (χ1) is 11.8. The number of pyridine rings is 1. The second-order valence-corrected chi connectivity index (χ2v) is 10.5. The lowest BCUT2D eigenvalue weighted by Gasteiger charge is -2.21. The van der Waals surface area contributed by atoms with Gasteiger partial charge in [-0.25, -0.2) is 4.57 Å². The Hall–Kier alpha value is -1.63. The molecule has 0 spiro atoms. The first kappa shape index (κ1) is 20.7. The number of nitrogens with zero attached hydrogens (tertiary/aromatic N) is 1. The average Bonchev–Trinajstić information content (AvgIpc) is 2.43. The molecule has 1 aromatic heterocycles. The van der Waals surface area contributed by atoms with E-state index in [1.807, 2.05) is 0 Å². The Bertz CT molecular complexity index is 798. The molecule has 0 aliphatic rings. The predicted octanol–water partition coefficient (Wildman–Crippen LogP) is 6.28. The van der Waals surface area contributed by atoms with E-state index in [2.05, 4.69) is 98.3 Å². The van der Waals surface area contributed by atoms with Gasteiger partial charge in [0.2, 0.25) is 5.69 Å². The number of benzene rings is 1. The summed E-state index contributed by atoms with van der Waals surface area (Å²) in [6.45, 7) is 20.6. The number of hydrogen-bond acceptors (Lipinski definition) is 0. The fraction of sp³-hybridized carbons (Fsp3) is 0.560. The van der Waals surface area contributed by atoms with E-state index in [1.54, 1.807) is 0 Å². The van der Waals surface area contributed by atoms with Crippen molar-refractivity contribution >= 4 is 0 Å². The van der Waals surface area contributed by atoms with Gasteiger partial charge in [0.05, 0.1) is 0 Å². The maximum absolute atomic E-state index is 2.42. The van der Waals surface area contributed by atoms with Crippen molar-refractivity contribution in [1.29, 1.82) is 0 Å². The quantitative estimate of drug-likeness (QED) is 0.572. The van der Waals surface area contributed by atoms with Crippen LogP contribution in [0, 0.1) is 31.6 Å². The zero-order valence-corrected chi connectivity index (χ0v) is 18.7. The molecule has 26 heavy (non-hydrogen) atoms. The van der Waals surface area contributed by atoms with E-state index in [0.29, 0.717) is 10.8 Å². The van der Waals surface area contributed by atoms with Crippen LogP contribution in [0.4, 0.5) is 0 Å². The first-order valence-corrected chi connectivity index (χ1v) is 9.86. The molecule has 1 aromatic carbocycles. The van der Waals surface area contributed by atoms with Gasteiger partial charge in [0.25, 0.3) is 0 Å². The lowest BCUT2D eigenvalue weighted by Crippen LogP contribution is -2.32. The van der Waals surface area contributed by atoms with Crippen LogP contribution >= 0.6 is 0 Å². The van der Waals surface area contributed by atoms with Crippen LogP contribution in [0.1, 0.15) is 69.4 Å². The Kier molecular flexibility index (Phi) is 5.71. The average molecular weight is 353 g/mol. The van der Waals surface area contributed by atoms with Crippen molar-refractivity contribution in [3.05, 3.63) is 52.2 Å². The third-order valence-electron chi connectivity index (χ3n) is 4.99. The molecule has 0 saturated carbocycles. The molecule has 0 fully saturated rings. The summed E-state index contributed by atoms with van der Waals surface area (Å²) in [5.74, 6) is 0. The van der Waals surface area contributed by atoms with E-state index in [-0.39, 0.29) is 0 Å². The molecule has 1 nitrogen and oxygen atoms in total. The van der Waals surface area contributed by atoms with Crippen molar-refractivity contribution in [1.82, 2.24) is 0 Å². The second-order valence-electron chi connectivity index (χ2n) is 10.5. The summed E-state index contributed by atoms with van der Waals surface area (Å²) in [7, 11) is 2.18. The van der Waals surface area contributed by atoms with Crippen molar-refractivity contribution in [2.24, 2.45) is 17.9 Å². The van der Waals surface area contributed by atoms with Crippen molar-refractivity contribution < 1.29 is 4.57 Å². The van der Waals surface area contributed by atoms with Crippen LogP contribution in [0.25, 0.3) is 11.3 Å². The van der Waals surface area contributed by atoms with Gasteiger partial charge in [0.1, 0.15) is 7.05 Å². The minimum atomic E-state index is 0.298. The summed E-state index contributed by atoms with van der Waals surface area (Å²) in [4.78, 5) is 0. The van der Waals surface area contributed by atoms with Crippen LogP contribution in [-0.2, 0) is 19.9 Å². The Labute approximate surface area is 161 Å². The molecule has 0 unspecified atom stereocenters. The van der Waals surface area contributed by atoms with E-state index >= 15 is 0 Å². The maximum atomic E-state index is 2.42. The van der Waals surface area contributed by atoms with Gasteiger partial charge in [-0.3, -0.25) is 0 Å². The zero-order chi connectivity index (χ0) is 19.9. The molecule has 1 heteroatoms. The lowest BCUT2D eigenvalue weighted by atomic mass is 9.84. The number of hydrogen-bond donors (Lipinski definition) is 0. The van der Waals surface area contributed by atoms with E-state index in [4.69, 9.17) is 0 Å². The van der Waals surface area contributed by atoms with Crippen LogP contribution in [0.5, 0.6) is 0 Å². The lowest BCUT2D eigenvalue weighted by molar-refractivity contribution is -0.660. The summed E-state index contributed by atoms with van der Waals surface area (Å²) < 4.78 is 2.31.